The predicted molar refractivity (Wildman–Crippen MR) is 103 cm³/mol. The number of carboxylic acid groups (broad SMARTS) is 1. The molecule has 3 aromatic rings. The molecule has 1 aliphatic rings. The summed E-state index contributed by atoms with van der Waals surface area (Å²) in [6.07, 6.45) is 5.15. The molecule has 0 unspecified atom stereocenters. The van der Waals surface area contributed by atoms with Crippen molar-refractivity contribution in [3.63, 3.8) is 0 Å². The van der Waals surface area contributed by atoms with Crippen molar-refractivity contribution in [3.05, 3.63) is 58.2 Å². The summed E-state index contributed by atoms with van der Waals surface area (Å²) in [5, 5.41) is 22.8. The van der Waals surface area contributed by atoms with Crippen molar-refractivity contribution in [2.24, 2.45) is 0 Å². The van der Waals surface area contributed by atoms with E-state index in [0.717, 1.165) is 11.2 Å². The molecule has 0 radical (unpaired) electrons. The quantitative estimate of drug-likeness (QED) is 0.623. The molecule has 146 valence electrons. The van der Waals surface area contributed by atoms with Crippen LogP contribution in [0.2, 0.25) is 0 Å². The van der Waals surface area contributed by atoms with Gasteiger partial charge in [0.15, 0.2) is 0 Å². The minimum Gasteiger partial charge on any atom is -0.465 e. The van der Waals surface area contributed by atoms with Gasteiger partial charge in [-0.1, -0.05) is 0 Å². The third-order valence-corrected chi connectivity index (χ3v) is 6.34. The van der Waals surface area contributed by atoms with Crippen LogP contribution in [0.1, 0.15) is 33.0 Å². The number of likely N-dealkylation sites (tertiary alicyclic amines) is 1. The highest BCUT2D eigenvalue weighted by Gasteiger charge is 2.36. The van der Waals surface area contributed by atoms with Gasteiger partial charge >= 0.3 is 6.09 Å². The van der Waals surface area contributed by atoms with Crippen LogP contribution >= 0.6 is 11.3 Å². The van der Waals surface area contributed by atoms with Crippen LogP contribution in [-0.4, -0.2) is 49.6 Å². The van der Waals surface area contributed by atoms with Gasteiger partial charge in [-0.25, -0.2) is 9.78 Å². The Hall–Kier alpha value is -2.91. The van der Waals surface area contributed by atoms with E-state index in [0.29, 0.717) is 29.1 Å². The summed E-state index contributed by atoms with van der Waals surface area (Å²) in [6, 6.07) is 7.30. The fraction of sp³-hybridized carbons (Fsp3) is 0.316. The van der Waals surface area contributed by atoms with Crippen molar-refractivity contribution < 1.29 is 19.8 Å². The molecule has 0 aromatic carbocycles. The lowest BCUT2D eigenvalue weighted by atomic mass is 9.90. The molecule has 1 saturated heterocycles. The topological polar surface area (TPSA) is 107 Å². The van der Waals surface area contributed by atoms with Gasteiger partial charge in [-0.2, -0.15) is 0 Å². The van der Waals surface area contributed by atoms with Crippen molar-refractivity contribution in [3.8, 4) is 0 Å². The van der Waals surface area contributed by atoms with Gasteiger partial charge in [-0.15, -0.1) is 11.3 Å². The number of amides is 2. The summed E-state index contributed by atoms with van der Waals surface area (Å²) in [5.74, 6) is -0.203. The van der Waals surface area contributed by atoms with Crippen LogP contribution in [0.25, 0.3) is 5.65 Å². The Morgan fingerprint density at radius 1 is 1.21 bits per heavy atom. The minimum atomic E-state index is -1.08. The van der Waals surface area contributed by atoms with Crippen molar-refractivity contribution >= 4 is 29.0 Å². The highest BCUT2D eigenvalue weighted by Crippen LogP contribution is 2.37. The zero-order valence-corrected chi connectivity index (χ0v) is 15.9. The summed E-state index contributed by atoms with van der Waals surface area (Å²) in [7, 11) is 0. The van der Waals surface area contributed by atoms with Gasteiger partial charge in [0.2, 0.25) is 0 Å². The number of pyridine rings is 1. The van der Waals surface area contributed by atoms with Crippen LogP contribution in [0.4, 0.5) is 4.79 Å². The van der Waals surface area contributed by atoms with Crippen molar-refractivity contribution in [2.75, 3.05) is 13.1 Å². The SMILES string of the molecule is O=C(NCc1ccn2ccnc2c1)c1ccc(C2(O)CCN(C(=O)O)CC2)s1. The predicted octanol–water partition coefficient (Wildman–Crippen LogP) is 2.29. The van der Waals surface area contributed by atoms with Gasteiger partial charge in [0.05, 0.1) is 4.88 Å². The number of hydrogen-bond donors (Lipinski definition) is 3. The molecule has 3 aromatic heterocycles. The highest BCUT2D eigenvalue weighted by atomic mass is 32.1. The molecule has 0 aliphatic carbocycles. The first-order valence-electron chi connectivity index (χ1n) is 8.95. The number of nitrogens with one attached hydrogen (secondary N) is 1. The molecule has 1 fully saturated rings. The maximum Gasteiger partial charge on any atom is 0.407 e. The van der Waals surface area contributed by atoms with Crippen LogP contribution in [0.15, 0.2) is 42.9 Å². The Bertz CT molecular complexity index is 1020. The standard InChI is InChI=1S/C19H20N4O4S/c24-17(21-12-13-3-7-22-10-6-20-16(22)11-13)14-1-2-15(28-14)19(27)4-8-23(9-5-19)18(25)26/h1-3,6-7,10-11,27H,4-5,8-9,12H2,(H,21,24)(H,25,26). The van der Waals surface area contributed by atoms with Crippen LogP contribution < -0.4 is 5.32 Å². The lowest BCUT2D eigenvalue weighted by Crippen LogP contribution is -2.44. The van der Waals surface area contributed by atoms with Gasteiger partial charge in [0.1, 0.15) is 11.2 Å². The maximum atomic E-state index is 12.5. The van der Waals surface area contributed by atoms with E-state index in [-0.39, 0.29) is 19.0 Å². The molecule has 3 N–H and O–H groups in total. The van der Waals surface area contributed by atoms with E-state index in [1.807, 2.05) is 28.9 Å². The first-order chi connectivity index (χ1) is 13.4. The summed E-state index contributed by atoms with van der Waals surface area (Å²) < 4.78 is 1.90. The first kappa shape index (κ1) is 18.5. The monoisotopic (exact) mass is 400 g/mol. The molecule has 0 bridgehead atoms. The molecule has 4 heterocycles. The van der Waals surface area contributed by atoms with Crippen molar-refractivity contribution in [1.82, 2.24) is 19.6 Å². The number of nitrogens with zero attached hydrogens (tertiary/aromatic N) is 3. The third kappa shape index (κ3) is 3.58. The Morgan fingerprint density at radius 2 is 2.00 bits per heavy atom. The Kier molecular flexibility index (Phi) is 4.78. The number of aliphatic hydroxyl groups is 1. The second-order valence-electron chi connectivity index (χ2n) is 6.88. The number of carbonyl (C=O) groups excluding carboxylic acids is 1. The van der Waals surface area contributed by atoms with E-state index in [1.54, 1.807) is 18.3 Å². The number of piperidine rings is 1. The molecule has 1 aliphatic heterocycles. The van der Waals surface area contributed by atoms with Gasteiger partial charge in [0.25, 0.3) is 5.91 Å². The fourth-order valence-corrected chi connectivity index (χ4v) is 4.42. The third-order valence-electron chi connectivity index (χ3n) is 5.06. The highest BCUT2D eigenvalue weighted by molar-refractivity contribution is 7.14. The molecule has 8 nitrogen and oxygen atoms in total. The number of carbonyl (C=O) groups is 2. The zero-order valence-electron chi connectivity index (χ0n) is 15.0. The summed E-state index contributed by atoms with van der Waals surface area (Å²) in [5.41, 5.74) is 0.685. The lowest BCUT2D eigenvalue weighted by molar-refractivity contribution is -0.0184. The minimum absolute atomic E-state index is 0.203. The summed E-state index contributed by atoms with van der Waals surface area (Å²) in [6.45, 7) is 0.941. The van der Waals surface area contributed by atoms with E-state index in [1.165, 1.54) is 16.2 Å². The molecule has 9 heteroatoms. The van der Waals surface area contributed by atoms with E-state index < -0.39 is 11.7 Å². The number of thiophene rings is 1. The molecule has 0 spiro atoms. The average molecular weight is 400 g/mol. The molecule has 0 saturated carbocycles. The second kappa shape index (κ2) is 7.25. The number of rotatable bonds is 4. The number of aromatic nitrogens is 2. The fourth-order valence-electron chi connectivity index (χ4n) is 3.36. The van der Waals surface area contributed by atoms with Crippen LogP contribution in [-0.2, 0) is 12.1 Å². The zero-order chi connectivity index (χ0) is 19.7. The number of fused-ring (bicyclic) bond motifs is 1. The molecular weight excluding hydrogens is 380 g/mol. The van der Waals surface area contributed by atoms with Crippen molar-refractivity contribution in [2.45, 2.75) is 25.0 Å². The summed E-state index contributed by atoms with van der Waals surface area (Å²) in [4.78, 5) is 30.3. The largest absolute Gasteiger partial charge is 0.465 e. The van der Waals surface area contributed by atoms with E-state index >= 15 is 0 Å². The number of imidazole rings is 1. The second-order valence-corrected chi connectivity index (χ2v) is 7.96. The summed E-state index contributed by atoms with van der Waals surface area (Å²) >= 11 is 1.25. The Morgan fingerprint density at radius 3 is 2.75 bits per heavy atom. The van der Waals surface area contributed by atoms with E-state index in [9.17, 15) is 14.7 Å². The van der Waals surface area contributed by atoms with E-state index in [2.05, 4.69) is 10.3 Å². The molecule has 0 atom stereocenters. The molecule has 2 amide bonds. The van der Waals surface area contributed by atoms with Gasteiger partial charge in [-0.05, 0) is 42.7 Å². The van der Waals surface area contributed by atoms with Crippen LogP contribution in [0.5, 0.6) is 0 Å². The van der Waals surface area contributed by atoms with Crippen molar-refractivity contribution in [1.29, 1.82) is 0 Å². The van der Waals surface area contributed by atoms with Crippen LogP contribution in [0, 0.1) is 0 Å². The Balaban J connectivity index is 1.39. The molecule has 28 heavy (non-hydrogen) atoms. The lowest BCUT2D eigenvalue weighted by Gasteiger charge is -2.36. The molecular formula is C19H20N4O4S. The maximum absolute atomic E-state index is 12.5. The van der Waals surface area contributed by atoms with Gasteiger partial charge in [-0.3, -0.25) is 4.79 Å². The van der Waals surface area contributed by atoms with Crippen LogP contribution in [0.3, 0.4) is 0 Å². The first-order valence-corrected chi connectivity index (χ1v) is 9.77. The van der Waals surface area contributed by atoms with Gasteiger partial charge < -0.3 is 24.8 Å². The average Bonchev–Trinajstić information content (AvgIpc) is 3.36. The normalized spacial score (nSPS) is 16.2. The van der Waals surface area contributed by atoms with E-state index in [4.69, 9.17) is 5.11 Å². The van der Waals surface area contributed by atoms with Gasteiger partial charge in [0, 0.05) is 43.1 Å². The Labute approximate surface area is 165 Å². The smallest absolute Gasteiger partial charge is 0.407 e. The molecule has 4 rings (SSSR count). The number of hydrogen-bond acceptors (Lipinski definition) is 5.